The molecule has 2 N–H and O–H groups in total. The maximum atomic E-state index is 11.4. The zero-order valence-electron chi connectivity index (χ0n) is 9.15. The molecular formula is C12H13NO3. The second-order valence-corrected chi connectivity index (χ2v) is 3.56. The van der Waals surface area contributed by atoms with E-state index in [9.17, 15) is 9.59 Å². The van der Waals surface area contributed by atoms with Crippen molar-refractivity contribution in [2.75, 3.05) is 5.32 Å². The lowest BCUT2D eigenvalue weighted by Gasteiger charge is -2.05. The topological polar surface area (TPSA) is 66.4 Å². The van der Waals surface area contributed by atoms with Crippen molar-refractivity contribution >= 4 is 17.6 Å². The molecule has 1 rings (SSSR count). The fourth-order valence-electron chi connectivity index (χ4n) is 1.21. The first-order chi connectivity index (χ1) is 7.50. The molecule has 4 nitrogen and oxygen atoms in total. The van der Waals surface area contributed by atoms with E-state index >= 15 is 0 Å². The van der Waals surface area contributed by atoms with Gasteiger partial charge in [-0.15, -0.1) is 0 Å². The third-order valence-electron chi connectivity index (χ3n) is 1.84. The predicted octanol–water partition coefficient (Wildman–Crippen LogP) is 2.29. The largest absolute Gasteiger partial charge is 0.478 e. The van der Waals surface area contributed by atoms with Gasteiger partial charge in [-0.05, 0) is 26.0 Å². The molecule has 1 aromatic carbocycles. The lowest BCUT2D eigenvalue weighted by atomic mass is 10.2. The zero-order valence-corrected chi connectivity index (χ0v) is 9.15. The van der Waals surface area contributed by atoms with Crippen LogP contribution in [0.2, 0.25) is 0 Å². The van der Waals surface area contributed by atoms with Crippen LogP contribution >= 0.6 is 0 Å². The highest BCUT2D eigenvalue weighted by molar-refractivity contribution is 6.04. The minimum absolute atomic E-state index is 0.0815. The van der Waals surface area contributed by atoms with Crippen molar-refractivity contribution in [3.63, 3.8) is 0 Å². The molecule has 0 aliphatic heterocycles. The summed E-state index contributed by atoms with van der Waals surface area (Å²) in [5.74, 6) is -1.39. The van der Waals surface area contributed by atoms with Crippen molar-refractivity contribution in [2.45, 2.75) is 13.8 Å². The third-order valence-corrected chi connectivity index (χ3v) is 1.84. The van der Waals surface area contributed by atoms with Crippen molar-refractivity contribution in [3.05, 3.63) is 41.5 Å². The first-order valence-corrected chi connectivity index (χ1v) is 4.79. The van der Waals surface area contributed by atoms with Crippen molar-refractivity contribution in [2.24, 2.45) is 0 Å². The summed E-state index contributed by atoms with van der Waals surface area (Å²) in [6, 6.07) is 6.28. The van der Waals surface area contributed by atoms with Gasteiger partial charge in [0.25, 0.3) is 0 Å². The van der Waals surface area contributed by atoms with E-state index in [1.54, 1.807) is 32.0 Å². The van der Waals surface area contributed by atoms with E-state index in [0.29, 0.717) is 5.69 Å². The minimum atomic E-state index is -1.06. The number of carbonyl (C=O) groups excluding carboxylic acids is 1. The van der Waals surface area contributed by atoms with Gasteiger partial charge in [0, 0.05) is 6.08 Å². The van der Waals surface area contributed by atoms with Crippen molar-refractivity contribution in [1.82, 2.24) is 0 Å². The van der Waals surface area contributed by atoms with Crippen LogP contribution in [0.15, 0.2) is 35.9 Å². The molecule has 1 aromatic rings. The molecule has 0 saturated heterocycles. The molecule has 0 radical (unpaired) electrons. The Morgan fingerprint density at radius 2 is 1.88 bits per heavy atom. The highest BCUT2D eigenvalue weighted by Crippen LogP contribution is 2.14. The van der Waals surface area contributed by atoms with Crippen molar-refractivity contribution in [3.8, 4) is 0 Å². The molecule has 0 bridgehead atoms. The highest BCUT2D eigenvalue weighted by atomic mass is 16.4. The molecule has 0 fully saturated rings. The SMILES string of the molecule is CC(C)=CC(=O)Nc1ccccc1C(=O)O. The molecule has 4 heteroatoms. The average Bonchev–Trinajstić information content (AvgIpc) is 2.16. The molecule has 0 saturated carbocycles. The zero-order chi connectivity index (χ0) is 12.1. The monoisotopic (exact) mass is 219 g/mol. The summed E-state index contributed by atoms with van der Waals surface area (Å²) >= 11 is 0. The van der Waals surface area contributed by atoms with Crippen LogP contribution in [-0.4, -0.2) is 17.0 Å². The van der Waals surface area contributed by atoms with E-state index in [4.69, 9.17) is 5.11 Å². The van der Waals surface area contributed by atoms with Gasteiger partial charge in [0.1, 0.15) is 0 Å². The number of allylic oxidation sites excluding steroid dienone is 1. The Balaban J connectivity index is 2.93. The van der Waals surface area contributed by atoms with E-state index in [-0.39, 0.29) is 11.5 Å². The average molecular weight is 219 g/mol. The molecule has 0 aromatic heterocycles. The smallest absolute Gasteiger partial charge is 0.337 e. The van der Waals surface area contributed by atoms with Crippen LogP contribution in [0.3, 0.4) is 0 Å². The minimum Gasteiger partial charge on any atom is -0.478 e. The fourth-order valence-corrected chi connectivity index (χ4v) is 1.21. The molecule has 0 heterocycles. The normalized spacial score (nSPS) is 9.38. The fraction of sp³-hybridized carbons (Fsp3) is 0.167. The number of para-hydroxylation sites is 1. The van der Waals surface area contributed by atoms with Gasteiger partial charge < -0.3 is 10.4 Å². The van der Waals surface area contributed by atoms with Gasteiger partial charge in [0.05, 0.1) is 11.3 Å². The summed E-state index contributed by atoms with van der Waals surface area (Å²) in [5.41, 5.74) is 1.24. The predicted molar refractivity (Wildman–Crippen MR) is 61.5 cm³/mol. The number of carboxylic acids is 1. The van der Waals surface area contributed by atoms with Gasteiger partial charge in [-0.25, -0.2) is 4.79 Å². The number of amides is 1. The van der Waals surface area contributed by atoms with E-state index < -0.39 is 5.97 Å². The van der Waals surface area contributed by atoms with Gasteiger partial charge in [0.15, 0.2) is 0 Å². The molecular weight excluding hydrogens is 206 g/mol. The number of carboxylic acid groups (broad SMARTS) is 1. The molecule has 0 atom stereocenters. The van der Waals surface area contributed by atoms with Gasteiger partial charge in [0.2, 0.25) is 5.91 Å². The molecule has 1 amide bonds. The Morgan fingerprint density at radius 3 is 2.44 bits per heavy atom. The summed E-state index contributed by atoms with van der Waals surface area (Å²) in [6.45, 7) is 3.59. The second kappa shape index (κ2) is 5.11. The summed E-state index contributed by atoms with van der Waals surface area (Å²) in [4.78, 5) is 22.3. The van der Waals surface area contributed by atoms with Crippen LogP contribution in [0.1, 0.15) is 24.2 Å². The quantitative estimate of drug-likeness (QED) is 0.766. The van der Waals surface area contributed by atoms with E-state index in [1.807, 2.05) is 0 Å². The summed E-state index contributed by atoms with van der Waals surface area (Å²) in [5, 5.41) is 11.4. The lowest BCUT2D eigenvalue weighted by molar-refractivity contribution is -0.111. The third kappa shape index (κ3) is 3.24. The van der Waals surface area contributed by atoms with Gasteiger partial charge in [-0.1, -0.05) is 17.7 Å². The first kappa shape index (κ1) is 12.0. The maximum absolute atomic E-state index is 11.4. The van der Waals surface area contributed by atoms with Crippen LogP contribution in [0, 0.1) is 0 Å². The van der Waals surface area contributed by atoms with Crippen molar-refractivity contribution in [1.29, 1.82) is 0 Å². The van der Waals surface area contributed by atoms with Crippen LogP contribution < -0.4 is 5.32 Å². The highest BCUT2D eigenvalue weighted by Gasteiger charge is 2.09. The lowest BCUT2D eigenvalue weighted by Crippen LogP contribution is -2.12. The van der Waals surface area contributed by atoms with Gasteiger partial charge in [-0.3, -0.25) is 4.79 Å². The molecule has 0 unspecified atom stereocenters. The van der Waals surface area contributed by atoms with Gasteiger partial charge in [-0.2, -0.15) is 0 Å². The molecule has 0 spiro atoms. The first-order valence-electron chi connectivity index (χ1n) is 4.79. The van der Waals surface area contributed by atoms with Gasteiger partial charge >= 0.3 is 5.97 Å². The Kier molecular flexibility index (Phi) is 3.83. The molecule has 0 aliphatic carbocycles. The second-order valence-electron chi connectivity index (χ2n) is 3.56. The number of carbonyl (C=O) groups is 2. The number of hydrogen-bond acceptors (Lipinski definition) is 2. The van der Waals surface area contributed by atoms with E-state index in [1.165, 1.54) is 12.1 Å². The van der Waals surface area contributed by atoms with Crippen LogP contribution in [0.5, 0.6) is 0 Å². The molecule has 0 aliphatic rings. The van der Waals surface area contributed by atoms with Crippen LogP contribution in [0.25, 0.3) is 0 Å². The number of hydrogen-bond donors (Lipinski definition) is 2. The summed E-state index contributed by atoms with van der Waals surface area (Å²) in [6.07, 6.45) is 1.42. The van der Waals surface area contributed by atoms with E-state index in [0.717, 1.165) is 5.57 Å². The number of anilines is 1. The molecule has 84 valence electrons. The number of aromatic carboxylic acids is 1. The number of nitrogens with one attached hydrogen (secondary N) is 1. The Bertz CT molecular complexity index is 445. The number of benzene rings is 1. The van der Waals surface area contributed by atoms with E-state index in [2.05, 4.69) is 5.32 Å². The maximum Gasteiger partial charge on any atom is 0.337 e. The standard InChI is InChI=1S/C12H13NO3/c1-8(2)7-11(14)13-10-6-4-3-5-9(10)12(15)16/h3-7H,1-2H3,(H,13,14)(H,15,16). The van der Waals surface area contributed by atoms with Crippen LogP contribution in [0.4, 0.5) is 5.69 Å². The van der Waals surface area contributed by atoms with Crippen LogP contribution in [-0.2, 0) is 4.79 Å². The Labute approximate surface area is 93.6 Å². The Hall–Kier alpha value is -2.10. The summed E-state index contributed by atoms with van der Waals surface area (Å²) < 4.78 is 0. The molecule has 16 heavy (non-hydrogen) atoms. The number of rotatable bonds is 3. The van der Waals surface area contributed by atoms with Crippen molar-refractivity contribution < 1.29 is 14.7 Å². The Morgan fingerprint density at radius 1 is 1.25 bits per heavy atom. The summed E-state index contributed by atoms with van der Waals surface area (Å²) in [7, 11) is 0.